The molecule has 3 aromatic carbocycles. The molecule has 0 fully saturated rings. The van der Waals surface area contributed by atoms with Crippen molar-refractivity contribution in [3.05, 3.63) is 82.9 Å². The molecule has 6 heteroatoms. The van der Waals surface area contributed by atoms with Gasteiger partial charge in [0.05, 0.1) is 34.5 Å². The quantitative estimate of drug-likeness (QED) is 0.573. The molecule has 0 spiro atoms. The smallest absolute Gasteiger partial charge is 0.254 e. The first-order chi connectivity index (χ1) is 15.6. The van der Waals surface area contributed by atoms with Crippen LogP contribution in [0.1, 0.15) is 33.1 Å². The van der Waals surface area contributed by atoms with E-state index in [4.69, 9.17) is 18.9 Å². The molecule has 32 heavy (non-hydrogen) atoms. The number of nitrogens with zero attached hydrogens (tertiary/aromatic N) is 1. The summed E-state index contributed by atoms with van der Waals surface area (Å²) in [5, 5.41) is 0. The number of rotatable bonds is 6. The SMILES string of the molecule is COc1ccc(C(=O)N2CCc3cc(OC)c(OC)cc3[C@H]2c2ccccc2)cc1OC. The van der Waals surface area contributed by atoms with Crippen molar-refractivity contribution < 1.29 is 23.7 Å². The second-order valence-electron chi connectivity index (χ2n) is 7.54. The van der Waals surface area contributed by atoms with E-state index in [-0.39, 0.29) is 11.9 Å². The van der Waals surface area contributed by atoms with E-state index >= 15 is 0 Å². The van der Waals surface area contributed by atoms with E-state index in [1.165, 1.54) is 0 Å². The van der Waals surface area contributed by atoms with Gasteiger partial charge in [0.15, 0.2) is 23.0 Å². The summed E-state index contributed by atoms with van der Waals surface area (Å²) in [6.45, 7) is 0.579. The molecule has 0 radical (unpaired) electrons. The van der Waals surface area contributed by atoms with E-state index in [1.807, 2.05) is 47.4 Å². The number of carbonyl (C=O) groups excluding carboxylic acids is 1. The second-order valence-corrected chi connectivity index (χ2v) is 7.54. The lowest BCUT2D eigenvalue weighted by Crippen LogP contribution is -2.40. The van der Waals surface area contributed by atoms with Gasteiger partial charge in [-0.25, -0.2) is 0 Å². The lowest BCUT2D eigenvalue weighted by atomic mass is 9.87. The van der Waals surface area contributed by atoms with E-state index in [9.17, 15) is 4.79 Å². The Bertz CT molecular complexity index is 1110. The molecule has 0 N–H and O–H groups in total. The molecule has 0 saturated carbocycles. The molecule has 0 aliphatic carbocycles. The number of hydrogen-bond acceptors (Lipinski definition) is 5. The molecule has 1 aliphatic heterocycles. The first-order valence-corrected chi connectivity index (χ1v) is 10.4. The van der Waals surface area contributed by atoms with Gasteiger partial charge >= 0.3 is 0 Å². The van der Waals surface area contributed by atoms with Crippen LogP contribution >= 0.6 is 0 Å². The minimum absolute atomic E-state index is 0.0692. The lowest BCUT2D eigenvalue weighted by molar-refractivity contribution is 0.0693. The van der Waals surface area contributed by atoms with Crippen molar-refractivity contribution in [1.29, 1.82) is 0 Å². The Kier molecular flexibility index (Phi) is 6.21. The number of benzene rings is 3. The first kappa shape index (κ1) is 21.6. The van der Waals surface area contributed by atoms with Crippen LogP contribution in [0.5, 0.6) is 23.0 Å². The van der Waals surface area contributed by atoms with Gasteiger partial charge in [0, 0.05) is 12.1 Å². The number of methoxy groups -OCH3 is 4. The molecule has 0 saturated heterocycles. The fourth-order valence-electron chi connectivity index (χ4n) is 4.29. The van der Waals surface area contributed by atoms with Gasteiger partial charge in [-0.15, -0.1) is 0 Å². The van der Waals surface area contributed by atoms with Crippen LogP contribution in [0.2, 0.25) is 0 Å². The molecule has 1 amide bonds. The molecule has 0 aromatic heterocycles. The Morgan fingerprint density at radius 2 is 1.41 bits per heavy atom. The Labute approximate surface area is 188 Å². The number of fused-ring (bicyclic) bond motifs is 1. The molecule has 166 valence electrons. The summed E-state index contributed by atoms with van der Waals surface area (Å²) in [5.74, 6) is 2.38. The van der Waals surface area contributed by atoms with Crippen LogP contribution in [-0.2, 0) is 6.42 Å². The summed E-state index contributed by atoms with van der Waals surface area (Å²) in [6, 6.07) is 19.1. The molecule has 4 rings (SSSR count). The average molecular weight is 434 g/mol. The highest BCUT2D eigenvalue weighted by molar-refractivity contribution is 5.95. The zero-order valence-corrected chi connectivity index (χ0v) is 18.8. The average Bonchev–Trinajstić information content (AvgIpc) is 2.86. The van der Waals surface area contributed by atoms with Gasteiger partial charge in [-0.1, -0.05) is 30.3 Å². The molecule has 0 unspecified atom stereocenters. The third kappa shape index (κ3) is 3.84. The molecule has 1 heterocycles. The maximum absolute atomic E-state index is 13.7. The van der Waals surface area contributed by atoms with Crippen molar-refractivity contribution in [2.24, 2.45) is 0 Å². The fraction of sp³-hybridized carbons (Fsp3) is 0.269. The number of carbonyl (C=O) groups is 1. The zero-order valence-electron chi connectivity index (χ0n) is 18.8. The lowest BCUT2D eigenvalue weighted by Gasteiger charge is -2.38. The van der Waals surface area contributed by atoms with Crippen molar-refractivity contribution >= 4 is 5.91 Å². The van der Waals surface area contributed by atoms with Gasteiger partial charge in [0.1, 0.15) is 0 Å². The normalized spacial score (nSPS) is 15.0. The van der Waals surface area contributed by atoms with Gasteiger partial charge in [-0.3, -0.25) is 4.79 Å². The standard InChI is InChI=1S/C26H27NO5/c1-29-21-11-10-19(15-22(21)30-2)26(28)27-13-12-18-14-23(31-3)24(32-4)16-20(18)25(27)17-8-6-5-7-9-17/h5-11,14-16,25H,12-13H2,1-4H3/t25-/m1/s1. The summed E-state index contributed by atoms with van der Waals surface area (Å²) in [6.07, 6.45) is 0.720. The third-order valence-corrected chi connectivity index (χ3v) is 5.88. The molecule has 3 aromatic rings. The van der Waals surface area contributed by atoms with Crippen molar-refractivity contribution in [2.45, 2.75) is 12.5 Å². The maximum Gasteiger partial charge on any atom is 0.254 e. The highest BCUT2D eigenvalue weighted by atomic mass is 16.5. The van der Waals surface area contributed by atoms with Crippen molar-refractivity contribution in [3.8, 4) is 23.0 Å². The van der Waals surface area contributed by atoms with Crippen LogP contribution in [0.25, 0.3) is 0 Å². The van der Waals surface area contributed by atoms with E-state index in [0.717, 1.165) is 23.1 Å². The van der Waals surface area contributed by atoms with Crippen LogP contribution in [0.4, 0.5) is 0 Å². The van der Waals surface area contributed by atoms with Crippen LogP contribution in [0.3, 0.4) is 0 Å². The van der Waals surface area contributed by atoms with Crippen molar-refractivity contribution in [2.75, 3.05) is 35.0 Å². The molecular formula is C26H27NO5. The molecule has 6 nitrogen and oxygen atoms in total. The van der Waals surface area contributed by atoms with Gasteiger partial charge < -0.3 is 23.8 Å². The Hall–Kier alpha value is -3.67. The second kappa shape index (κ2) is 9.22. The van der Waals surface area contributed by atoms with Crippen LogP contribution < -0.4 is 18.9 Å². The predicted molar refractivity (Wildman–Crippen MR) is 122 cm³/mol. The van der Waals surface area contributed by atoms with Crippen molar-refractivity contribution in [3.63, 3.8) is 0 Å². The molecule has 0 bridgehead atoms. The zero-order chi connectivity index (χ0) is 22.7. The van der Waals surface area contributed by atoms with Gasteiger partial charge in [-0.2, -0.15) is 0 Å². The maximum atomic E-state index is 13.7. The topological polar surface area (TPSA) is 57.2 Å². The molecule has 1 atom stereocenters. The largest absolute Gasteiger partial charge is 0.493 e. The number of hydrogen-bond donors (Lipinski definition) is 0. The van der Waals surface area contributed by atoms with Crippen molar-refractivity contribution in [1.82, 2.24) is 4.90 Å². The fourth-order valence-corrected chi connectivity index (χ4v) is 4.29. The molecular weight excluding hydrogens is 406 g/mol. The van der Waals surface area contributed by atoms with Crippen LogP contribution in [0, 0.1) is 0 Å². The Morgan fingerprint density at radius 1 is 0.781 bits per heavy atom. The highest BCUT2D eigenvalue weighted by Crippen LogP contribution is 2.41. The van der Waals surface area contributed by atoms with Crippen LogP contribution in [0.15, 0.2) is 60.7 Å². The summed E-state index contributed by atoms with van der Waals surface area (Å²) < 4.78 is 21.8. The molecule has 1 aliphatic rings. The minimum atomic E-state index is -0.250. The summed E-state index contributed by atoms with van der Waals surface area (Å²) in [5.41, 5.74) is 3.77. The first-order valence-electron chi connectivity index (χ1n) is 10.4. The highest BCUT2D eigenvalue weighted by Gasteiger charge is 2.34. The summed E-state index contributed by atoms with van der Waals surface area (Å²) in [4.78, 5) is 15.6. The Balaban J connectivity index is 1.81. The van der Waals surface area contributed by atoms with E-state index in [1.54, 1.807) is 46.6 Å². The van der Waals surface area contributed by atoms with E-state index in [0.29, 0.717) is 35.1 Å². The number of ether oxygens (including phenoxy) is 4. The van der Waals surface area contributed by atoms with E-state index < -0.39 is 0 Å². The van der Waals surface area contributed by atoms with Crippen LogP contribution in [-0.4, -0.2) is 45.8 Å². The predicted octanol–water partition coefficient (Wildman–Crippen LogP) is 4.51. The monoisotopic (exact) mass is 433 g/mol. The summed E-state index contributed by atoms with van der Waals surface area (Å²) in [7, 11) is 6.40. The Morgan fingerprint density at radius 3 is 2.06 bits per heavy atom. The summed E-state index contributed by atoms with van der Waals surface area (Å²) >= 11 is 0. The number of amides is 1. The van der Waals surface area contributed by atoms with E-state index in [2.05, 4.69) is 0 Å². The van der Waals surface area contributed by atoms with Gasteiger partial charge in [0.2, 0.25) is 0 Å². The minimum Gasteiger partial charge on any atom is -0.493 e. The van der Waals surface area contributed by atoms with Gasteiger partial charge in [-0.05, 0) is 53.4 Å². The third-order valence-electron chi connectivity index (χ3n) is 5.88. The van der Waals surface area contributed by atoms with Gasteiger partial charge in [0.25, 0.3) is 5.91 Å².